The fourth-order valence-corrected chi connectivity index (χ4v) is 4.43. The molecule has 0 saturated carbocycles. The molecule has 0 bridgehead atoms. The Balaban J connectivity index is 1.61. The average molecular weight is 407 g/mol. The molecule has 4 nitrogen and oxygen atoms in total. The molecule has 1 aliphatic heterocycles. The van der Waals surface area contributed by atoms with Gasteiger partial charge in [0.1, 0.15) is 0 Å². The van der Waals surface area contributed by atoms with Crippen LogP contribution in [0.25, 0.3) is 10.4 Å². The number of ether oxygens (including phenoxy) is 1. The molecule has 1 fully saturated rings. The Labute approximate surface area is 170 Å². The number of amides is 1. The topological polar surface area (TPSA) is 41.6 Å². The lowest BCUT2D eigenvalue weighted by Gasteiger charge is -2.35. The van der Waals surface area contributed by atoms with Crippen molar-refractivity contribution in [2.45, 2.75) is 26.3 Å². The van der Waals surface area contributed by atoms with Gasteiger partial charge in [-0.25, -0.2) is 0 Å². The Morgan fingerprint density at radius 3 is 2.56 bits per heavy atom. The summed E-state index contributed by atoms with van der Waals surface area (Å²) in [7, 11) is 0. The Bertz CT molecular complexity index is 739. The molecule has 27 heavy (non-hydrogen) atoms. The van der Waals surface area contributed by atoms with Gasteiger partial charge in [0, 0.05) is 35.6 Å². The van der Waals surface area contributed by atoms with E-state index in [1.165, 1.54) is 11.3 Å². The summed E-state index contributed by atoms with van der Waals surface area (Å²) in [5.41, 5.74) is 1.08. The number of hydrogen-bond acceptors (Lipinski definition) is 4. The van der Waals surface area contributed by atoms with Crippen molar-refractivity contribution < 1.29 is 9.53 Å². The molecule has 1 N–H and O–H groups in total. The average Bonchev–Trinajstić information content (AvgIpc) is 3.16. The van der Waals surface area contributed by atoms with Crippen molar-refractivity contribution in [2.24, 2.45) is 5.92 Å². The third-order valence-corrected chi connectivity index (χ3v) is 6.15. The molecule has 6 heteroatoms. The fraction of sp³-hybridized carbons (Fsp3) is 0.476. The maximum atomic E-state index is 12.7. The Kier molecular flexibility index (Phi) is 7.30. The van der Waals surface area contributed by atoms with Gasteiger partial charge in [-0.1, -0.05) is 37.6 Å². The van der Waals surface area contributed by atoms with E-state index in [1.54, 1.807) is 0 Å². The van der Waals surface area contributed by atoms with Gasteiger partial charge in [0.2, 0.25) is 0 Å². The van der Waals surface area contributed by atoms with Gasteiger partial charge < -0.3 is 10.1 Å². The smallest absolute Gasteiger partial charge is 0.261 e. The van der Waals surface area contributed by atoms with Gasteiger partial charge in [0.15, 0.2) is 0 Å². The molecule has 2 aromatic rings. The lowest BCUT2D eigenvalue weighted by molar-refractivity contribution is 0.0125. The molecule has 0 spiro atoms. The Morgan fingerprint density at radius 1 is 1.19 bits per heavy atom. The summed E-state index contributed by atoms with van der Waals surface area (Å²) in [4.78, 5) is 16.9. The molecule has 146 valence electrons. The first kappa shape index (κ1) is 20.3. The molecule has 0 radical (unpaired) electrons. The summed E-state index contributed by atoms with van der Waals surface area (Å²) in [6.07, 6.45) is 1.07. The molecule has 1 aromatic heterocycles. The Hall–Kier alpha value is -1.40. The van der Waals surface area contributed by atoms with Crippen LogP contribution in [-0.4, -0.2) is 49.7 Å². The van der Waals surface area contributed by atoms with Gasteiger partial charge >= 0.3 is 0 Å². The highest BCUT2D eigenvalue weighted by molar-refractivity contribution is 7.17. The predicted octanol–water partition coefficient (Wildman–Crippen LogP) is 4.55. The summed E-state index contributed by atoms with van der Waals surface area (Å²) in [5.74, 6) is 0.593. The van der Waals surface area contributed by atoms with Crippen LogP contribution in [0.3, 0.4) is 0 Å². The lowest BCUT2D eigenvalue weighted by atomic mass is 10.0. The summed E-state index contributed by atoms with van der Waals surface area (Å²) in [6, 6.07) is 11.9. The number of thiophene rings is 1. The summed E-state index contributed by atoms with van der Waals surface area (Å²) in [5, 5.41) is 3.86. The van der Waals surface area contributed by atoms with E-state index in [9.17, 15) is 4.79 Å². The standard InChI is InChI=1S/C21H27ClN2O2S/c1-15(2)13-18(24-9-11-26-12-10-24)14-23-21(25)20-8-7-19(27-20)16-3-5-17(22)6-4-16/h3-8,15,18H,9-14H2,1-2H3,(H,23,25). The maximum absolute atomic E-state index is 12.7. The van der Waals surface area contributed by atoms with Crippen molar-refractivity contribution in [1.82, 2.24) is 10.2 Å². The van der Waals surface area contributed by atoms with Crippen molar-refractivity contribution in [2.75, 3.05) is 32.8 Å². The highest BCUT2D eigenvalue weighted by Gasteiger charge is 2.23. The quantitative estimate of drug-likeness (QED) is 0.733. The van der Waals surface area contributed by atoms with Crippen molar-refractivity contribution >= 4 is 28.8 Å². The van der Waals surface area contributed by atoms with E-state index in [-0.39, 0.29) is 5.91 Å². The van der Waals surface area contributed by atoms with E-state index < -0.39 is 0 Å². The van der Waals surface area contributed by atoms with Crippen LogP contribution in [0.1, 0.15) is 29.9 Å². The minimum Gasteiger partial charge on any atom is -0.379 e. The third-order valence-electron chi connectivity index (χ3n) is 4.76. The molecule has 1 atom stereocenters. The zero-order chi connectivity index (χ0) is 19.2. The molecular formula is C21H27ClN2O2S. The van der Waals surface area contributed by atoms with Crippen LogP contribution >= 0.6 is 22.9 Å². The molecular weight excluding hydrogens is 380 g/mol. The molecule has 1 unspecified atom stereocenters. The van der Waals surface area contributed by atoms with Crippen LogP contribution in [0, 0.1) is 5.92 Å². The number of nitrogens with zero attached hydrogens (tertiary/aromatic N) is 1. The van der Waals surface area contributed by atoms with Gasteiger partial charge in [-0.05, 0) is 42.2 Å². The van der Waals surface area contributed by atoms with Crippen LogP contribution < -0.4 is 5.32 Å². The Morgan fingerprint density at radius 2 is 1.89 bits per heavy atom. The molecule has 1 saturated heterocycles. The number of rotatable bonds is 7. The first-order valence-corrected chi connectivity index (χ1v) is 10.7. The van der Waals surface area contributed by atoms with E-state index in [2.05, 4.69) is 24.1 Å². The minimum absolute atomic E-state index is 0.00206. The van der Waals surface area contributed by atoms with Crippen molar-refractivity contribution in [3.63, 3.8) is 0 Å². The van der Waals surface area contributed by atoms with Gasteiger partial charge in [-0.2, -0.15) is 0 Å². The van der Waals surface area contributed by atoms with Gasteiger partial charge in [-0.3, -0.25) is 9.69 Å². The summed E-state index contributed by atoms with van der Waals surface area (Å²) >= 11 is 7.47. The number of carbonyl (C=O) groups excluding carboxylic acids is 1. The molecule has 2 heterocycles. The van der Waals surface area contributed by atoms with E-state index in [0.29, 0.717) is 23.5 Å². The third kappa shape index (κ3) is 5.79. The molecule has 1 aliphatic rings. The van der Waals surface area contributed by atoms with E-state index in [0.717, 1.165) is 48.0 Å². The fourth-order valence-electron chi connectivity index (χ4n) is 3.38. The summed E-state index contributed by atoms with van der Waals surface area (Å²) in [6.45, 7) is 8.56. The molecule has 0 aliphatic carbocycles. The minimum atomic E-state index is 0.00206. The van der Waals surface area contributed by atoms with E-state index >= 15 is 0 Å². The number of carbonyl (C=O) groups is 1. The molecule has 1 aromatic carbocycles. The number of morpholine rings is 1. The highest BCUT2D eigenvalue weighted by Crippen LogP contribution is 2.29. The zero-order valence-corrected chi connectivity index (χ0v) is 17.5. The highest BCUT2D eigenvalue weighted by atomic mass is 35.5. The van der Waals surface area contributed by atoms with Crippen molar-refractivity contribution in [3.8, 4) is 10.4 Å². The monoisotopic (exact) mass is 406 g/mol. The SMILES string of the molecule is CC(C)CC(CNC(=O)c1ccc(-c2ccc(Cl)cc2)s1)N1CCOCC1. The second kappa shape index (κ2) is 9.69. The van der Waals surface area contributed by atoms with Crippen LogP contribution in [0.4, 0.5) is 0 Å². The number of nitrogens with one attached hydrogen (secondary N) is 1. The lowest BCUT2D eigenvalue weighted by Crippen LogP contribution is -2.49. The van der Waals surface area contributed by atoms with E-state index in [1.807, 2.05) is 36.4 Å². The molecule has 1 amide bonds. The number of benzene rings is 1. The van der Waals surface area contributed by atoms with Gasteiger partial charge in [-0.15, -0.1) is 11.3 Å². The van der Waals surface area contributed by atoms with Crippen LogP contribution in [-0.2, 0) is 4.74 Å². The van der Waals surface area contributed by atoms with Gasteiger partial charge in [0.05, 0.1) is 18.1 Å². The predicted molar refractivity (Wildman–Crippen MR) is 113 cm³/mol. The van der Waals surface area contributed by atoms with E-state index in [4.69, 9.17) is 16.3 Å². The zero-order valence-electron chi connectivity index (χ0n) is 15.9. The maximum Gasteiger partial charge on any atom is 0.261 e. The first-order valence-electron chi connectivity index (χ1n) is 9.48. The van der Waals surface area contributed by atoms with Crippen LogP contribution in [0.5, 0.6) is 0 Å². The normalized spacial score (nSPS) is 16.4. The summed E-state index contributed by atoms with van der Waals surface area (Å²) < 4.78 is 5.47. The van der Waals surface area contributed by atoms with Crippen molar-refractivity contribution in [3.05, 3.63) is 46.3 Å². The molecule has 3 rings (SSSR count). The second-order valence-corrected chi connectivity index (χ2v) is 8.83. The van der Waals surface area contributed by atoms with Gasteiger partial charge in [0.25, 0.3) is 5.91 Å². The number of hydrogen-bond donors (Lipinski definition) is 1. The van der Waals surface area contributed by atoms with Crippen molar-refractivity contribution in [1.29, 1.82) is 0 Å². The first-order chi connectivity index (χ1) is 13.0. The largest absolute Gasteiger partial charge is 0.379 e. The second-order valence-electron chi connectivity index (χ2n) is 7.31. The number of halogens is 1. The van der Waals surface area contributed by atoms with Crippen LogP contribution in [0.2, 0.25) is 5.02 Å². The van der Waals surface area contributed by atoms with Crippen LogP contribution in [0.15, 0.2) is 36.4 Å².